The first-order valence-electron chi connectivity index (χ1n) is 7.80. The van der Waals surface area contributed by atoms with E-state index in [0.29, 0.717) is 24.5 Å². The largest absolute Gasteiger partial charge is 0.497 e. The van der Waals surface area contributed by atoms with Crippen molar-refractivity contribution >= 4 is 23.2 Å². The van der Waals surface area contributed by atoms with Crippen molar-refractivity contribution in [3.05, 3.63) is 52.2 Å². The smallest absolute Gasteiger partial charge is 0.261 e. The molecule has 0 aliphatic rings. The summed E-state index contributed by atoms with van der Waals surface area (Å²) in [5, 5.41) is 4.71. The number of nitrogens with one attached hydrogen (secondary N) is 1. The maximum Gasteiger partial charge on any atom is 0.261 e. The van der Waals surface area contributed by atoms with Crippen LogP contribution in [0.5, 0.6) is 5.75 Å². The maximum atomic E-state index is 11.9. The van der Waals surface area contributed by atoms with Gasteiger partial charge in [0.2, 0.25) is 5.91 Å². The molecular weight excluding hydrogens is 324 g/mol. The molecule has 5 nitrogen and oxygen atoms in total. The summed E-state index contributed by atoms with van der Waals surface area (Å²) in [6.45, 7) is 3.09. The molecule has 0 fully saturated rings. The van der Waals surface area contributed by atoms with Crippen LogP contribution in [-0.4, -0.2) is 43.5 Å². The molecule has 1 aromatic carbocycles. The number of carbonyl (C=O) groups is 2. The van der Waals surface area contributed by atoms with E-state index in [-0.39, 0.29) is 11.8 Å². The Bertz CT molecular complexity index is 671. The Kier molecular flexibility index (Phi) is 6.81. The lowest BCUT2D eigenvalue weighted by atomic mass is 10.1. The second-order valence-corrected chi connectivity index (χ2v) is 6.29. The highest BCUT2D eigenvalue weighted by molar-refractivity contribution is 7.12. The Morgan fingerprint density at radius 1 is 1.21 bits per heavy atom. The average molecular weight is 346 g/mol. The van der Waals surface area contributed by atoms with Gasteiger partial charge in [0, 0.05) is 26.6 Å². The molecule has 0 aliphatic carbocycles. The van der Waals surface area contributed by atoms with Gasteiger partial charge in [-0.3, -0.25) is 9.59 Å². The van der Waals surface area contributed by atoms with Gasteiger partial charge in [-0.05, 0) is 35.6 Å². The summed E-state index contributed by atoms with van der Waals surface area (Å²) >= 11 is 1.40. The lowest BCUT2D eigenvalue weighted by Crippen LogP contribution is -2.38. The predicted octanol–water partition coefficient (Wildman–Crippen LogP) is 2.58. The summed E-state index contributed by atoms with van der Waals surface area (Å²) in [6, 6.07) is 11.4. The minimum atomic E-state index is -0.0960. The molecule has 2 aromatic rings. The molecule has 0 saturated heterocycles. The van der Waals surface area contributed by atoms with Crippen LogP contribution in [-0.2, 0) is 11.2 Å². The van der Waals surface area contributed by atoms with Crippen LogP contribution < -0.4 is 10.1 Å². The van der Waals surface area contributed by atoms with Crippen molar-refractivity contribution in [3.8, 4) is 5.75 Å². The van der Waals surface area contributed by atoms with Gasteiger partial charge in [0.1, 0.15) is 5.75 Å². The molecule has 24 heavy (non-hydrogen) atoms. The van der Waals surface area contributed by atoms with Crippen molar-refractivity contribution in [2.45, 2.75) is 13.3 Å². The van der Waals surface area contributed by atoms with E-state index in [4.69, 9.17) is 4.74 Å². The van der Waals surface area contributed by atoms with Crippen molar-refractivity contribution < 1.29 is 14.3 Å². The van der Waals surface area contributed by atoms with E-state index in [1.165, 1.54) is 11.3 Å². The van der Waals surface area contributed by atoms with Crippen molar-refractivity contribution in [2.75, 3.05) is 26.7 Å². The van der Waals surface area contributed by atoms with Gasteiger partial charge < -0.3 is 15.0 Å². The summed E-state index contributed by atoms with van der Waals surface area (Å²) in [6.07, 6.45) is 0.746. The normalized spacial score (nSPS) is 10.2. The molecular formula is C18H22N2O3S. The molecule has 0 saturated carbocycles. The molecule has 1 aromatic heterocycles. The Morgan fingerprint density at radius 2 is 2.04 bits per heavy atom. The summed E-state index contributed by atoms with van der Waals surface area (Å²) in [4.78, 5) is 26.1. The minimum Gasteiger partial charge on any atom is -0.497 e. The van der Waals surface area contributed by atoms with E-state index in [1.54, 1.807) is 25.0 Å². The first kappa shape index (κ1) is 18.0. The molecule has 0 aliphatic heterocycles. The Balaban J connectivity index is 1.81. The number of methoxy groups -OCH3 is 1. The number of hydrogen-bond acceptors (Lipinski definition) is 4. The van der Waals surface area contributed by atoms with E-state index in [0.717, 1.165) is 17.7 Å². The molecule has 0 unspecified atom stereocenters. The summed E-state index contributed by atoms with van der Waals surface area (Å²) in [5.74, 6) is 0.717. The summed E-state index contributed by atoms with van der Waals surface area (Å²) in [5.41, 5.74) is 1.11. The van der Waals surface area contributed by atoms with E-state index < -0.39 is 0 Å². The number of benzene rings is 1. The lowest BCUT2D eigenvalue weighted by molar-refractivity contribution is -0.128. The Morgan fingerprint density at radius 3 is 2.71 bits per heavy atom. The van der Waals surface area contributed by atoms with Gasteiger partial charge in [0.25, 0.3) is 5.91 Å². The fourth-order valence-electron chi connectivity index (χ4n) is 2.32. The first-order chi connectivity index (χ1) is 11.6. The molecule has 2 amide bonds. The zero-order valence-corrected chi connectivity index (χ0v) is 14.8. The second kappa shape index (κ2) is 9.08. The van der Waals surface area contributed by atoms with Crippen molar-refractivity contribution in [1.82, 2.24) is 10.2 Å². The number of thiophene rings is 1. The maximum absolute atomic E-state index is 11.9. The van der Waals surface area contributed by atoms with Gasteiger partial charge in [0.05, 0.1) is 12.0 Å². The zero-order chi connectivity index (χ0) is 17.4. The monoisotopic (exact) mass is 346 g/mol. The van der Waals surface area contributed by atoms with Crippen LogP contribution in [0.15, 0.2) is 41.8 Å². The van der Waals surface area contributed by atoms with Gasteiger partial charge in [-0.1, -0.05) is 18.2 Å². The molecule has 6 heteroatoms. The van der Waals surface area contributed by atoms with Crippen LogP contribution in [0.4, 0.5) is 0 Å². The number of nitrogens with zero attached hydrogens (tertiary/aromatic N) is 1. The highest BCUT2D eigenvalue weighted by atomic mass is 32.1. The van der Waals surface area contributed by atoms with E-state index in [2.05, 4.69) is 5.32 Å². The topological polar surface area (TPSA) is 58.6 Å². The quantitative estimate of drug-likeness (QED) is 0.799. The fraction of sp³-hybridized carbons (Fsp3) is 0.333. The standard InChI is InChI=1S/C18H22N2O3S/c1-14(21)20(10-8-15-5-3-6-16(13-15)23-2)11-9-19-18(22)17-7-4-12-24-17/h3-7,12-13H,8-11H2,1-2H3,(H,19,22). The Labute approximate surface area is 146 Å². The second-order valence-electron chi connectivity index (χ2n) is 5.34. The van der Waals surface area contributed by atoms with E-state index >= 15 is 0 Å². The summed E-state index contributed by atoms with van der Waals surface area (Å²) < 4.78 is 5.21. The van der Waals surface area contributed by atoms with Crippen LogP contribution in [0, 0.1) is 0 Å². The van der Waals surface area contributed by atoms with Crippen LogP contribution in [0.2, 0.25) is 0 Å². The molecule has 1 N–H and O–H groups in total. The number of rotatable bonds is 8. The van der Waals surface area contributed by atoms with E-state index in [9.17, 15) is 9.59 Å². The highest BCUT2D eigenvalue weighted by Crippen LogP contribution is 2.13. The molecule has 1 heterocycles. The number of carbonyl (C=O) groups excluding carboxylic acids is 2. The molecule has 128 valence electrons. The van der Waals surface area contributed by atoms with Gasteiger partial charge in [0.15, 0.2) is 0 Å². The third kappa shape index (κ3) is 5.38. The van der Waals surface area contributed by atoms with Crippen molar-refractivity contribution in [1.29, 1.82) is 0 Å². The number of ether oxygens (including phenoxy) is 1. The van der Waals surface area contributed by atoms with E-state index in [1.807, 2.05) is 35.7 Å². The van der Waals surface area contributed by atoms with Crippen LogP contribution in [0.25, 0.3) is 0 Å². The van der Waals surface area contributed by atoms with Gasteiger partial charge >= 0.3 is 0 Å². The fourth-order valence-corrected chi connectivity index (χ4v) is 2.96. The molecule has 2 rings (SSSR count). The molecule has 0 atom stereocenters. The predicted molar refractivity (Wildman–Crippen MR) is 95.6 cm³/mol. The minimum absolute atomic E-state index is 0.00303. The van der Waals surface area contributed by atoms with Gasteiger partial charge in [-0.15, -0.1) is 11.3 Å². The van der Waals surface area contributed by atoms with Crippen LogP contribution >= 0.6 is 11.3 Å². The molecule has 0 radical (unpaired) electrons. The zero-order valence-electron chi connectivity index (χ0n) is 14.0. The van der Waals surface area contributed by atoms with Gasteiger partial charge in [-0.2, -0.15) is 0 Å². The third-order valence-corrected chi connectivity index (χ3v) is 4.53. The lowest BCUT2D eigenvalue weighted by Gasteiger charge is -2.21. The van der Waals surface area contributed by atoms with Crippen molar-refractivity contribution in [2.24, 2.45) is 0 Å². The Hall–Kier alpha value is -2.34. The number of hydrogen-bond donors (Lipinski definition) is 1. The van der Waals surface area contributed by atoms with Crippen LogP contribution in [0.1, 0.15) is 22.2 Å². The molecule has 0 bridgehead atoms. The number of amides is 2. The SMILES string of the molecule is COc1cccc(CCN(CCNC(=O)c2cccs2)C(C)=O)c1. The first-order valence-corrected chi connectivity index (χ1v) is 8.68. The summed E-state index contributed by atoms with van der Waals surface area (Å²) in [7, 11) is 1.64. The molecule has 0 spiro atoms. The average Bonchev–Trinajstić information content (AvgIpc) is 3.12. The third-order valence-electron chi connectivity index (χ3n) is 3.66. The highest BCUT2D eigenvalue weighted by Gasteiger charge is 2.11. The van der Waals surface area contributed by atoms with Gasteiger partial charge in [-0.25, -0.2) is 0 Å². The van der Waals surface area contributed by atoms with Crippen molar-refractivity contribution in [3.63, 3.8) is 0 Å². The van der Waals surface area contributed by atoms with Crippen LogP contribution in [0.3, 0.4) is 0 Å².